The van der Waals surface area contributed by atoms with Crippen molar-refractivity contribution in [1.82, 2.24) is 4.90 Å². The van der Waals surface area contributed by atoms with Crippen LogP contribution in [-0.4, -0.2) is 43.4 Å². The summed E-state index contributed by atoms with van der Waals surface area (Å²) in [6.07, 6.45) is 0.428. The van der Waals surface area contributed by atoms with Gasteiger partial charge in [-0.15, -0.1) is 0 Å². The Morgan fingerprint density at radius 2 is 1.48 bits per heavy atom. The lowest BCUT2D eigenvalue weighted by Crippen LogP contribution is -2.30. The van der Waals surface area contributed by atoms with Crippen LogP contribution in [0.3, 0.4) is 0 Å². The van der Waals surface area contributed by atoms with Crippen molar-refractivity contribution in [3.63, 3.8) is 0 Å². The van der Waals surface area contributed by atoms with Crippen LogP contribution in [-0.2, 0) is 12.0 Å². The van der Waals surface area contributed by atoms with Crippen LogP contribution in [0.1, 0.15) is 30.5 Å². The van der Waals surface area contributed by atoms with Gasteiger partial charge in [0.1, 0.15) is 23.7 Å². The number of para-hydroxylation sites is 1. The summed E-state index contributed by atoms with van der Waals surface area (Å²) in [7, 11) is 1.63. The molecular weight excluding hydrogens is 386 g/mol. The predicted molar refractivity (Wildman–Crippen MR) is 126 cm³/mol. The minimum Gasteiger partial charge on any atom is -0.496 e. The fourth-order valence-electron chi connectivity index (χ4n) is 3.88. The van der Waals surface area contributed by atoms with E-state index in [1.807, 2.05) is 78.9 Å². The van der Waals surface area contributed by atoms with Crippen molar-refractivity contribution in [1.29, 1.82) is 0 Å². The molecule has 0 saturated heterocycles. The van der Waals surface area contributed by atoms with Gasteiger partial charge < -0.3 is 19.5 Å². The number of rotatable bonds is 11. The summed E-state index contributed by atoms with van der Waals surface area (Å²) >= 11 is 0. The highest BCUT2D eigenvalue weighted by molar-refractivity contribution is 5.46. The van der Waals surface area contributed by atoms with Crippen LogP contribution < -0.4 is 9.47 Å². The van der Waals surface area contributed by atoms with Crippen molar-refractivity contribution in [3.05, 3.63) is 95.6 Å². The molecule has 1 N–H and O–H groups in total. The molecule has 0 bridgehead atoms. The van der Waals surface area contributed by atoms with E-state index in [1.165, 1.54) is 0 Å². The highest BCUT2D eigenvalue weighted by Crippen LogP contribution is 2.38. The highest BCUT2D eigenvalue weighted by Gasteiger charge is 2.34. The van der Waals surface area contributed by atoms with Crippen LogP contribution in [0.2, 0.25) is 0 Å². The summed E-state index contributed by atoms with van der Waals surface area (Å²) in [6, 6.07) is 25.4. The molecule has 0 heterocycles. The predicted octanol–water partition coefficient (Wildman–Crippen LogP) is 4.89. The molecule has 0 aliphatic heterocycles. The first kappa shape index (κ1) is 22.9. The van der Waals surface area contributed by atoms with Crippen molar-refractivity contribution in [2.24, 2.45) is 0 Å². The maximum atomic E-state index is 11.9. The number of nitrogens with zero attached hydrogens (tertiary/aromatic N) is 1. The molecule has 1 atom stereocenters. The van der Waals surface area contributed by atoms with Gasteiger partial charge >= 0.3 is 0 Å². The van der Waals surface area contributed by atoms with Gasteiger partial charge in [-0.3, -0.25) is 0 Å². The van der Waals surface area contributed by atoms with E-state index >= 15 is 0 Å². The van der Waals surface area contributed by atoms with E-state index in [0.717, 1.165) is 42.1 Å². The van der Waals surface area contributed by atoms with Gasteiger partial charge in [0, 0.05) is 18.5 Å². The molecular formula is C27H33NO3. The Balaban J connectivity index is 1.81. The second-order valence-electron chi connectivity index (χ2n) is 7.62. The quantitative estimate of drug-likeness (QED) is 0.480. The molecule has 0 amide bonds. The Kier molecular flexibility index (Phi) is 8.10. The van der Waals surface area contributed by atoms with Gasteiger partial charge in [-0.05, 0) is 42.4 Å². The molecule has 4 nitrogen and oxygen atoms in total. The van der Waals surface area contributed by atoms with E-state index in [4.69, 9.17) is 9.47 Å². The largest absolute Gasteiger partial charge is 0.496 e. The molecule has 0 saturated carbocycles. The highest BCUT2D eigenvalue weighted by atomic mass is 16.5. The summed E-state index contributed by atoms with van der Waals surface area (Å²) in [4.78, 5) is 2.33. The summed E-state index contributed by atoms with van der Waals surface area (Å²) < 4.78 is 11.5. The summed E-state index contributed by atoms with van der Waals surface area (Å²) in [6.45, 7) is 7.95. The first-order valence-electron chi connectivity index (χ1n) is 11.0. The Morgan fingerprint density at radius 1 is 0.839 bits per heavy atom. The number of methoxy groups -OCH3 is 1. The summed E-state index contributed by atoms with van der Waals surface area (Å²) in [5.41, 5.74) is 1.40. The molecule has 31 heavy (non-hydrogen) atoms. The molecule has 0 fully saturated rings. The van der Waals surface area contributed by atoms with Gasteiger partial charge in [0.15, 0.2) is 0 Å². The Bertz CT molecular complexity index is 923. The van der Waals surface area contributed by atoms with E-state index < -0.39 is 5.60 Å². The second-order valence-corrected chi connectivity index (χ2v) is 7.62. The van der Waals surface area contributed by atoms with Crippen LogP contribution in [0.25, 0.3) is 0 Å². The molecule has 3 aromatic carbocycles. The second kappa shape index (κ2) is 11.0. The monoisotopic (exact) mass is 419 g/mol. The first-order valence-corrected chi connectivity index (χ1v) is 11.0. The SMILES string of the molecule is CCN(CC)CCOc1ccc(CC(O)(c2ccccc2)c2ccccc2OC)cc1. The Hall–Kier alpha value is -2.82. The van der Waals surface area contributed by atoms with Crippen molar-refractivity contribution in [2.75, 3.05) is 33.4 Å². The van der Waals surface area contributed by atoms with Crippen molar-refractivity contribution in [3.8, 4) is 11.5 Å². The number of likely N-dealkylation sites (N-methyl/N-ethyl adjacent to an activating group) is 1. The minimum absolute atomic E-state index is 0.428. The third-order valence-corrected chi connectivity index (χ3v) is 5.76. The van der Waals surface area contributed by atoms with Crippen molar-refractivity contribution < 1.29 is 14.6 Å². The van der Waals surface area contributed by atoms with E-state index in [0.29, 0.717) is 18.8 Å². The lowest BCUT2D eigenvalue weighted by molar-refractivity contribution is 0.0782. The van der Waals surface area contributed by atoms with Crippen molar-refractivity contribution >= 4 is 0 Å². The van der Waals surface area contributed by atoms with Crippen LogP contribution >= 0.6 is 0 Å². The van der Waals surface area contributed by atoms with Crippen LogP contribution in [0, 0.1) is 0 Å². The lowest BCUT2D eigenvalue weighted by Gasteiger charge is -2.31. The number of ether oxygens (including phenoxy) is 2. The van der Waals surface area contributed by atoms with E-state index in [9.17, 15) is 5.11 Å². The normalized spacial score (nSPS) is 13.1. The zero-order chi connectivity index (χ0) is 22.1. The Labute approximate surface area is 186 Å². The minimum atomic E-state index is -1.21. The van der Waals surface area contributed by atoms with Gasteiger partial charge in [-0.1, -0.05) is 74.5 Å². The third kappa shape index (κ3) is 5.66. The van der Waals surface area contributed by atoms with Crippen molar-refractivity contribution in [2.45, 2.75) is 25.9 Å². The molecule has 164 valence electrons. The van der Waals surface area contributed by atoms with E-state index in [2.05, 4.69) is 18.7 Å². The standard InChI is InChI=1S/C27H33NO3/c1-4-28(5-2)19-20-31-24-17-15-22(16-18-24)21-27(29,23-11-7-6-8-12-23)25-13-9-10-14-26(25)30-3/h6-18,29H,4-5,19-21H2,1-3H3. The van der Waals surface area contributed by atoms with E-state index in [-0.39, 0.29) is 0 Å². The van der Waals surface area contributed by atoms with Gasteiger partial charge in [0.2, 0.25) is 0 Å². The van der Waals surface area contributed by atoms with E-state index in [1.54, 1.807) is 7.11 Å². The summed E-state index contributed by atoms with van der Waals surface area (Å²) in [5, 5.41) is 11.9. The maximum Gasteiger partial charge on any atom is 0.125 e. The molecule has 0 radical (unpaired) electrons. The molecule has 3 aromatic rings. The molecule has 0 aromatic heterocycles. The molecule has 3 rings (SSSR count). The third-order valence-electron chi connectivity index (χ3n) is 5.76. The molecule has 0 aliphatic carbocycles. The zero-order valence-electron chi connectivity index (χ0n) is 18.8. The Morgan fingerprint density at radius 3 is 2.13 bits per heavy atom. The summed E-state index contributed by atoms with van der Waals surface area (Å²) in [5.74, 6) is 1.52. The van der Waals surface area contributed by atoms with Crippen LogP contribution in [0.4, 0.5) is 0 Å². The molecule has 1 unspecified atom stereocenters. The van der Waals surface area contributed by atoms with Crippen LogP contribution in [0.15, 0.2) is 78.9 Å². The number of benzene rings is 3. The molecule has 0 aliphatic rings. The molecule has 0 spiro atoms. The van der Waals surface area contributed by atoms with Gasteiger partial charge in [-0.25, -0.2) is 0 Å². The average Bonchev–Trinajstić information content (AvgIpc) is 2.83. The van der Waals surface area contributed by atoms with Gasteiger partial charge in [0.05, 0.1) is 7.11 Å². The molecule has 4 heteroatoms. The average molecular weight is 420 g/mol. The van der Waals surface area contributed by atoms with Gasteiger partial charge in [-0.2, -0.15) is 0 Å². The van der Waals surface area contributed by atoms with Crippen LogP contribution in [0.5, 0.6) is 11.5 Å². The number of hydrogen-bond donors (Lipinski definition) is 1. The zero-order valence-corrected chi connectivity index (χ0v) is 18.8. The maximum absolute atomic E-state index is 11.9. The number of hydrogen-bond acceptors (Lipinski definition) is 4. The van der Waals surface area contributed by atoms with Gasteiger partial charge in [0.25, 0.3) is 0 Å². The fraction of sp³-hybridized carbons (Fsp3) is 0.333. The fourth-order valence-corrected chi connectivity index (χ4v) is 3.88. The lowest BCUT2D eigenvalue weighted by atomic mass is 9.81. The topological polar surface area (TPSA) is 41.9 Å². The first-order chi connectivity index (χ1) is 15.1. The smallest absolute Gasteiger partial charge is 0.125 e. The number of aliphatic hydroxyl groups is 1.